The molecule has 0 bridgehead atoms. The minimum absolute atomic E-state index is 0.103. The van der Waals surface area contributed by atoms with Gasteiger partial charge in [-0.25, -0.2) is 0 Å². The first-order valence-electron chi connectivity index (χ1n) is 8.55. The number of thioether (sulfide) groups is 1. The van der Waals surface area contributed by atoms with Crippen molar-refractivity contribution in [2.45, 2.75) is 38.4 Å². The fourth-order valence-electron chi connectivity index (χ4n) is 2.62. The van der Waals surface area contributed by atoms with Gasteiger partial charge in [-0.05, 0) is 60.1 Å². The van der Waals surface area contributed by atoms with Gasteiger partial charge in [-0.1, -0.05) is 31.0 Å². The average Bonchev–Trinajstić information content (AvgIpc) is 2.86. The highest BCUT2D eigenvalue weighted by Gasteiger charge is 2.39. The van der Waals surface area contributed by atoms with Crippen molar-refractivity contribution in [1.29, 1.82) is 0 Å². The number of hydrogen-bond donors (Lipinski definition) is 0. The lowest BCUT2D eigenvalue weighted by Crippen LogP contribution is -2.33. The number of halogens is 1. The molecule has 1 aromatic rings. The molecule has 1 aromatic carbocycles. The van der Waals surface area contributed by atoms with Crippen molar-refractivity contribution in [3.05, 3.63) is 21.3 Å². The summed E-state index contributed by atoms with van der Waals surface area (Å²) in [4.78, 5) is 26.0. The van der Waals surface area contributed by atoms with Gasteiger partial charge in [0, 0.05) is 6.54 Å². The molecular formula is C19H22INO4S. The van der Waals surface area contributed by atoms with Crippen LogP contribution in [-0.4, -0.2) is 41.1 Å². The lowest BCUT2D eigenvalue weighted by Gasteiger charge is -2.16. The number of carbonyl (C=O) groups is 2. The second kappa shape index (κ2) is 10.1. The molecule has 1 atom stereocenters. The highest BCUT2D eigenvalue weighted by molar-refractivity contribution is 14.1. The monoisotopic (exact) mass is 487 g/mol. The zero-order valence-electron chi connectivity index (χ0n) is 14.9. The number of carbonyl (C=O) groups excluding carboxylic acids is 2. The van der Waals surface area contributed by atoms with Crippen molar-refractivity contribution in [3.63, 3.8) is 0 Å². The van der Waals surface area contributed by atoms with E-state index < -0.39 is 0 Å². The summed E-state index contributed by atoms with van der Waals surface area (Å²) < 4.78 is 12.1. The Balaban J connectivity index is 2.18. The Morgan fingerprint density at radius 3 is 2.73 bits per heavy atom. The SMILES string of the molecule is C#CCOc1c(I)cc(C[C@H]2SC(=O)N(CCCC)C2=O)cc1OCC. The molecule has 0 radical (unpaired) electrons. The molecule has 5 nitrogen and oxygen atoms in total. The zero-order valence-corrected chi connectivity index (χ0v) is 17.9. The molecule has 1 saturated heterocycles. The number of imide groups is 1. The predicted molar refractivity (Wildman–Crippen MR) is 112 cm³/mol. The van der Waals surface area contributed by atoms with E-state index in [1.54, 1.807) is 0 Å². The van der Waals surface area contributed by atoms with Crippen LogP contribution >= 0.6 is 34.4 Å². The van der Waals surface area contributed by atoms with Crippen molar-refractivity contribution in [1.82, 2.24) is 4.90 Å². The van der Waals surface area contributed by atoms with Crippen molar-refractivity contribution in [3.8, 4) is 23.8 Å². The van der Waals surface area contributed by atoms with Crippen LogP contribution in [0.25, 0.3) is 0 Å². The molecule has 1 heterocycles. The average molecular weight is 487 g/mol. The summed E-state index contributed by atoms with van der Waals surface area (Å²) >= 11 is 3.27. The van der Waals surface area contributed by atoms with Crippen LogP contribution in [-0.2, 0) is 11.2 Å². The fraction of sp³-hybridized carbons (Fsp3) is 0.474. The summed E-state index contributed by atoms with van der Waals surface area (Å²) in [5.41, 5.74) is 0.932. The second-order valence-corrected chi connectivity index (χ2v) is 8.07. The highest BCUT2D eigenvalue weighted by atomic mass is 127. The molecule has 1 fully saturated rings. The Kier molecular flexibility index (Phi) is 8.10. The van der Waals surface area contributed by atoms with Crippen LogP contribution in [0.1, 0.15) is 32.3 Å². The first-order chi connectivity index (χ1) is 12.5. The quantitative estimate of drug-likeness (QED) is 0.388. The van der Waals surface area contributed by atoms with E-state index in [1.807, 2.05) is 26.0 Å². The van der Waals surface area contributed by atoms with Crippen molar-refractivity contribution >= 4 is 45.5 Å². The standard InChI is InChI=1S/C19H22INO4S/c1-4-7-8-21-18(22)16(26-19(21)23)12-13-10-14(20)17(25-9-5-2)15(11-13)24-6-3/h2,10-11,16H,4,6-9,12H2,1,3H3/t16-/m1/s1. The van der Waals surface area contributed by atoms with Gasteiger partial charge in [0.1, 0.15) is 6.61 Å². The van der Waals surface area contributed by atoms with Crippen molar-refractivity contribution in [2.75, 3.05) is 19.8 Å². The van der Waals surface area contributed by atoms with Crippen LogP contribution in [0, 0.1) is 15.9 Å². The first-order valence-corrected chi connectivity index (χ1v) is 10.5. The molecule has 1 aliphatic heterocycles. The van der Waals surface area contributed by atoms with E-state index in [4.69, 9.17) is 15.9 Å². The largest absolute Gasteiger partial charge is 0.490 e. The maximum absolute atomic E-state index is 12.5. The number of hydrogen-bond acceptors (Lipinski definition) is 5. The van der Waals surface area contributed by atoms with Gasteiger partial charge in [0.2, 0.25) is 5.91 Å². The maximum atomic E-state index is 12.5. The van der Waals surface area contributed by atoms with Gasteiger partial charge in [0.25, 0.3) is 5.24 Å². The predicted octanol–water partition coefficient (Wildman–Crippen LogP) is 4.11. The lowest BCUT2D eigenvalue weighted by molar-refractivity contribution is -0.126. The van der Waals surface area contributed by atoms with Gasteiger partial charge in [-0.15, -0.1) is 6.42 Å². The third-order valence-electron chi connectivity index (χ3n) is 3.83. The molecular weight excluding hydrogens is 465 g/mol. The minimum atomic E-state index is -0.387. The van der Waals surface area contributed by atoms with E-state index >= 15 is 0 Å². The van der Waals surface area contributed by atoms with Gasteiger partial charge in [-0.2, -0.15) is 0 Å². The van der Waals surface area contributed by atoms with E-state index in [1.165, 1.54) is 4.90 Å². The molecule has 140 valence electrons. The number of unbranched alkanes of at least 4 members (excludes halogenated alkanes) is 1. The van der Waals surface area contributed by atoms with E-state index in [-0.39, 0.29) is 23.0 Å². The van der Waals surface area contributed by atoms with E-state index in [0.29, 0.717) is 31.1 Å². The Morgan fingerprint density at radius 1 is 1.31 bits per heavy atom. The van der Waals surface area contributed by atoms with Crippen LogP contribution in [0.4, 0.5) is 4.79 Å². The molecule has 26 heavy (non-hydrogen) atoms. The normalized spacial score (nSPS) is 16.7. The molecule has 0 saturated carbocycles. The van der Waals surface area contributed by atoms with Crippen LogP contribution in [0.3, 0.4) is 0 Å². The van der Waals surface area contributed by atoms with Gasteiger partial charge in [-0.3, -0.25) is 14.5 Å². The number of terminal acetylenes is 1. The molecule has 7 heteroatoms. The maximum Gasteiger partial charge on any atom is 0.289 e. The highest BCUT2D eigenvalue weighted by Crippen LogP contribution is 2.36. The molecule has 2 rings (SSSR count). The van der Waals surface area contributed by atoms with Crippen LogP contribution < -0.4 is 9.47 Å². The number of ether oxygens (including phenoxy) is 2. The summed E-state index contributed by atoms with van der Waals surface area (Å²) in [7, 11) is 0. The number of nitrogens with zero attached hydrogens (tertiary/aromatic N) is 1. The summed E-state index contributed by atoms with van der Waals surface area (Å²) in [5, 5.41) is -0.538. The minimum Gasteiger partial charge on any atom is -0.490 e. The Hall–Kier alpha value is -1.40. The smallest absolute Gasteiger partial charge is 0.289 e. The third kappa shape index (κ3) is 5.07. The number of benzene rings is 1. The van der Waals surface area contributed by atoms with E-state index in [9.17, 15) is 9.59 Å². The summed E-state index contributed by atoms with van der Waals surface area (Å²) in [6, 6.07) is 3.81. The Bertz CT molecular complexity index is 716. The number of rotatable bonds is 9. The molecule has 0 unspecified atom stereocenters. The molecule has 0 N–H and O–H groups in total. The summed E-state index contributed by atoms with van der Waals surface area (Å²) in [5.74, 6) is 3.56. The van der Waals surface area contributed by atoms with Crippen molar-refractivity contribution < 1.29 is 19.1 Å². The number of amides is 2. The van der Waals surface area contributed by atoms with E-state index in [0.717, 1.165) is 33.7 Å². The molecule has 1 aliphatic rings. The molecule has 2 amide bonds. The van der Waals surface area contributed by atoms with Gasteiger partial charge < -0.3 is 9.47 Å². The van der Waals surface area contributed by atoms with Crippen LogP contribution in [0.5, 0.6) is 11.5 Å². The topological polar surface area (TPSA) is 55.8 Å². The molecule has 0 aliphatic carbocycles. The van der Waals surface area contributed by atoms with Gasteiger partial charge in [0.05, 0.1) is 15.4 Å². The van der Waals surface area contributed by atoms with Crippen LogP contribution in [0.2, 0.25) is 0 Å². The van der Waals surface area contributed by atoms with Gasteiger partial charge >= 0.3 is 0 Å². The second-order valence-electron chi connectivity index (χ2n) is 5.75. The summed E-state index contributed by atoms with van der Waals surface area (Å²) in [6.07, 6.45) is 7.52. The van der Waals surface area contributed by atoms with Crippen molar-refractivity contribution in [2.24, 2.45) is 0 Å². The van der Waals surface area contributed by atoms with Gasteiger partial charge in [0.15, 0.2) is 11.5 Å². The molecule has 0 aromatic heterocycles. The lowest BCUT2D eigenvalue weighted by atomic mass is 10.1. The van der Waals surface area contributed by atoms with E-state index in [2.05, 4.69) is 28.5 Å². The Labute approximate surface area is 172 Å². The first kappa shape index (κ1) is 20.9. The Morgan fingerprint density at radius 2 is 2.08 bits per heavy atom. The fourth-order valence-corrected chi connectivity index (χ4v) is 4.49. The van der Waals surface area contributed by atoms with Crippen LogP contribution in [0.15, 0.2) is 12.1 Å². The third-order valence-corrected chi connectivity index (χ3v) is 5.71. The zero-order chi connectivity index (χ0) is 19.1. The summed E-state index contributed by atoms with van der Waals surface area (Å²) in [6.45, 7) is 5.08. The molecule has 0 spiro atoms.